The Morgan fingerprint density at radius 3 is 2.04 bits per heavy atom. The first-order valence-corrected chi connectivity index (χ1v) is 10.6. The minimum Gasteiger partial charge on any atom is -0.492 e. The highest BCUT2D eigenvalue weighted by Crippen LogP contribution is 2.38. The molecule has 156 valence electrons. The van der Waals surface area contributed by atoms with Crippen molar-refractivity contribution in [1.29, 1.82) is 0 Å². The number of unbranched alkanes of at least 4 members (excludes halogenated alkanes) is 1. The number of anilines is 2. The van der Waals surface area contributed by atoms with Crippen molar-refractivity contribution in [3.63, 3.8) is 0 Å². The number of amides is 2. The van der Waals surface area contributed by atoms with Gasteiger partial charge in [-0.3, -0.25) is 9.59 Å². The Balaban J connectivity index is 2.24. The quantitative estimate of drug-likeness (QED) is 0.580. The van der Waals surface area contributed by atoms with Gasteiger partial charge in [-0.2, -0.15) is 0 Å². The van der Waals surface area contributed by atoms with Gasteiger partial charge < -0.3 is 20.1 Å². The molecule has 1 fully saturated rings. The zero-order valence-electron chi connectivity index (χ0n) is 17.4. The lowest BCUT2D eigenvalue weighted by Gasteiger charge is -2.22. The number of carbonyl (C=O) groups is 2. The highest BCUT2D eigenvalue weighted by Gasteiger charge is 2.23. The van der Waals surface area contributed by atoms with E-state index in [1.165, 1.54) is 6.42 Å². The van der Waals surface area contributed by atoms with Crippen LogP contribution in [0.4, 0.5) is 11.4 Å². The predicted molar refractivity (Wildman–Crippen MR) is 112 cm³/mol. The van der Waals surface area contributed by atoms with Crippen LogP contribution in [0.25, 0.3) is 0 Å². The van der Waals surface area contributed by atoms with Crippen molar-refractivity contribution in [3.05, 3.63) is 12.1 Å². The molecule has 0 atom stereocenters. The molecule has 0 unspecified atom stereocenters. The molecule has 0 aliphatic heterocycles. The lowest BCUT2D eigenvalue weighted by molar-refractivity contribution is -0.120. The van der Waals surface area contributed by atoms with Crippen molar-refractivity contribution >= 4 is 23.2 Å². The molecule has 28 heavy (non-hydrogen) atoms. The smallest absolute Gasteiger partial charge is 0.227 e. The van der Waals surface area contributed by atoms with Gasteiger partial charge in [0.25, 0.3) is 0 Å². The number of ether oxygens (including phenoxy) is 2. The zero-order chi connectivity index (χ0) is 20.4. The Hall–Kier alpha value is -2.24. The Bertz CT molecular complexity index is 654. The van der Waals surface area contributed by atoms with Gasteiger partial charge in [0.15, 0.2) is 0 Å². The van der Waals surface area contributed by atoms with Crippen LogP contribution in [-0.2, 0) is 9.59 Å². The highest BCUT2D eigenvalue weighted by molar-refractivity contribution is 5.97. The summed E-state index contributed by atoms with van der Waals surface area (Å²) < 4.78 is 11.5. The Kier molecular flexibility index (Phi) is 9.11. The molecule has 1 aromatic rings. The summed E-state index contributed by atoms with van der Waals surface area (Å²) in [7, 11) is 0. The summed E-state index contributed by atoms with van der Waals surface area (Å²) in [6.45, 7) is 6.75. The van der Waals surface area contributed by atoms with Crippen molar-refractivity contribution in [2.75, 3.05) is 23.8 Å². The van der Waals surface area contributed by atoms with Gasteiger partial charge in [-0.25, -0.2) is 0 Å². The van der Waals surface area contributed by atoms with E-state index >= 15 is 0 Å². The van der Waals surface area contributed by atoms with Gasteiger partial charge in [0.1, 0.15) is 11.5 Å². The van der Waals surface area contributed by atoms with E-state index in [9.17, 15) is 9.59 Å². The van der Waals surface area contributed by atoms with Gasteiger partial charge in [-0.15, -0.1) is 0 Å². The molecule has 2 amide bonds. The second-order valence-electron chi connectivity index (χ2n) is 7.19. The van der Waals surface area contributed by atoms with E-state index in [2.05, 4.69) is 17.6 Å². The largest absolute Gasteiger partial charge is 0.492 e. The van der Waals surface area contributed by atoms with Crippen LogP contribution in [0.2, 0.25) is 0 Å². The topological polar surface area (TPSA) is 76.7 Å². The minimum absolute atomic E-state index is 0.0304. The van der Waals surface area contributed by atoms with Crippen LogP contribution in [0.5, 0.6) is 11.5 Å². The van der Waals surface area contributed by atoms with Gasteiger partial charge in [-0.1, -0.05) is 32.6 Å². The number of carbonyl (C=O) groups excluding carboxylic acids is 2. The lowest BCUT2D eigenvalue weighted by Crippen LogP contribution is -2.25. The molecule has 1 saturated carbocycles. The molecule has 1 aliphatic rings. The summed E-state index contributed by atoms with van der Waals surface area (Å²) in [6, 6.07) is 3.50. The van der Waals surface area contributed by atoms with Crippen LogP contribution in [0.15, 0.2) is 12.1 Å². The molecule has 0 heterocycles. The fraction of sp³-hybridized carbons (Fsp3) is 0.636. The maximum Gasteiger partial charge on any atom is 0.227 e. The summed E-state index contributed by atoms with van der Waals surface area (Å²) in [4.78, 5) is 24.9. The first kappa shape index (κ1) is 22.1. The van der Waals surface area contributed by atoms with Gasteiger partial charge in [0.05, 0.1) is 24.6 Å². The molecule has 1 aliphatic carbocycles. The van der Waals surface area contributed by atoms with Gasteiger partial charge in [0, 0.05) is 24.5 Å². The molecular weight excluding hydrogens is 356 g/mol. The molecule has 0 radical (unpaired) electrons. The van der Waals surface area contributed by atoms with E-state index in [0.29, 0.717) is 42.5 Å². The molecule has 0 saturated heterocycles. The molecule has 0 aromatic heterocycles. The van der Waals surface area contributed by atoms with Gasteiger partial charge in [-0.05, 0) is 33.1 Å². The summed E-state index contributed by atoms with van der Waals surface area (Å²) in [6.07, 6.45) is 7.53. The standard InChI is InChI=1S/C22H34N2O4/c1-4-7-13-21(25)23-17-14-20(28-6-3)18(15-19(17)27-5-2)24-22(26)16-11-9-8-10-12-16/h14-16H,4-13H2,1-3H3,(H,23,25)(H,24,26). The molecule has 6 heteroatoms. The SMILES string of the molecule is CCCCC(=O)Nc1cc(OCC)c(NC(=O)C2CCCCC2)cc1OCC. The number of nitrogens with one attached hydrogen (secondary N) is 2. The Morgan fingerprint density at radius 1 is 0.929 bits per heavy atom. The molecule has 0 spiro atoms. The van der Waals surface area contributed by atoms with Crippen molar-refractivity contribution in [2.24, 2.45) is 5.92 Å². The zero-order valence-corrected chi connectivity index (χ0v) is 17.4. The first-order valence-electron chi connectivity index (χ1n) is 10.6. The second kappa shape index (κ2) is 11.6. The summed E-state index contributed by atoms with van der Waals surface area (Å²) >= 11 is 0. The van der Waals surface area contributed by atoms with Crippen LogP contribution in [0.3, 0.4) is 0 Å². The maximum atomic E-state index is 12.7. The maximum absolute atomic E-state index is 12.7. The average Bonchev–Trinajstić information content (AvgIpc) is 2.70. The van der Waals surface area contributed by atoms with Crippen LogP contribution >= 0.6 is 0 Å². The normalized spacial score (nSPS) is 14.4. The fourth-order valence-electron chi connectivity index (χ4n) is 3.45. The van der Waals surface area contributed by atoms with Crippen molar-refractivity contribution in [3.8, 4) is 11.5 Å². The van der Waals surface area contributed by atoms with Gasteiger partial charge >= 0.3 is 0 Å². The van der Waals surface area contributed by atoms with E-state index in [-0.39, 0.29) is 17.7 Å². The molecule has 2 N–H and O–H groups in total. The van der Waals surface area contributed by atoms with Crippen LogP contribution < -0.4 is 20.1 Å². The summed E-state index contributed by atoms with van der Waals surface area (Å²) in [5.74, 6) is 1.11. The van der Waals surface area contributed by atoms with E-state index in [1.807, 2.05) is 13.8 Å². The van der Waals surface area contributed by atoms with E-state index in [1.54, 1.807) is 12.1 Å². The number of hydrogen-bond acceptors (Lipinski definition) is 4. The monoisotopic (exact) mass is 390 g/mol. The highest BCUT2D eigenvalue weighted by atomic mass is 16.5. The number of hydrogen-bond donors (Lipinski definition) is 2. The van der Waals surface area contributed by atoms with E-state index in [4.69, 9.17) is 9.47 Å². The summed E-state index contributed by atoms with van der Waals surface area (Å²) in [5, 5.41) is 5.94. The fourth-order valence-corrected chi connectivity index (χ4v) is 3.45. The third kappa shape index (κ3) is 6.43. The summed E-state index contributed by atoms with van der Waals surface area (Å²) in [5.41, 5.74) is 1.16. The second-order valence-corrected chi connectivity index (χ2v) is 7.19. The molecule has 1 aromatic carbocycles. The van der Waals surface area contributed by atoms with E-state index in [0.717, 1.165) is 38.5 Å². The van der Waals surface area contributed by atoms with Crippen molar-refractivity contribution < 1.29 is 19.1 Å². The van der Waals surface area contributed by atoms with E-state index < -0.39 is 0 Å². The molecule has 6 nitrogen and oxygen atoms in total. The average molecular weight is 391 g/mol. The lowest BCUT2D eigenvalue weighted by atomic mass is 9.88. The van der Waals surface area contributed by atoms with Crippen LogP contribution in [0, 0.1) is 5.92 Å². The Labute approximate surface area is 168 Å². The Morgan fingerprint density at radius 2 is 1.50 bits per heavy atom. The third-order valence-electron chi connectivity index (χ3n) is 4.95. The number of rotatable bonds is 10. The third-order valence-corrected chi connectivity index (χ3v) is 4.95. The van der Waals surface area contributed by atoms with Crippen molar-refractivity contribution in [1.82, 2.24) is 0 Å². The predicted octanol–water partition coefficient (Wildman–Crippen LogP) is 5.13. The first-order chi connectivity index (χ1) is 13.6. The van der Waals surface area contributed by atoms with Crippen LogP contribution in [0.1, 0.15) is 72.1 Å². The van der Waals surface area contributed by atoms with Gasteiger partial charge in [0.2, 0.25) is 11.8 Å². The van der Waals surface area contributed by atoms with Crippen molar-refractivity contribution in [2.45, 2.75) is 72.1 Å². The molecule has 0 bridgehead atoms. The minimum atomic E-state index is -0.0516. The molecular formula is C22H34N2O4. The van der Waals surface area contributed by atoms with Crippen LogP contribution in [-0.4, -0.2) is 25.0 Å². The molecule has 2 rings (SSSR count). The number of benzene rings is 1.